The SMILES string of the molecule is CCOC(=O)c1c(CCCOc2cccc3cc(F)ccc23)c2ccc(Cl)c3c2n1CCCCOC(CCN(C)C)c1nn(C)c(CC)c1-3. The fourth-order valence-corrected chi connectivity index (χ4v) is 7.43. The molecule has 3 aromatic carbocycles. The van der Waals surface area contributed by atoms with Gasteiger partial charge in [0, 0.05) is 54.3 Å². The van der Waals surface area contributed by atoms with Crippen molar-refractivity contribution in [3.8, 4) is 16.9 Å². The lowest BCUT2D eigenvalue weighted by Gasteiger charge is -2.20. The van der Waals surface area contributed by atoms with Gasteiger partial charge in [-0.05, 0) is 101 Å². The van der Waals surface area contributed by atoms with Gasteiger partial charge >= 0.3 is 5.97 Å². The summed E-state index contributed by atoms with van der Waals surface area (Å²) in [4.78, 5) is 16.0. The largest absolute Gasteiger partial charge is 0.493 e. The van der Waals surface area contributed by atoms with E-state index >= 15 is 0 Å². The van der Waals surface area contributed by atoms with Crippen LogP contribution in [0.5, 0.6) is 5.75 Å². The second-order valence-electron chi connectivity index (χ2n) is 12.9. The maximum Gasteiger partial charge on any atom is 0.355 e. The summed E-state index contributed by atoms with van der Waals surface area (Å²) in [5, 5.41) is 8.31. The number of carbonyl (C=O) groups excluding carboxylic acids is 1. The lowest BCUT2D eigenvalue weighted by Crippen LogP contribution is -2.18. The van der Waals surface area contributed by atoms with Gasteiger partial charge in [0.15, 0.2) is 0 Å². The zero-order valence-corrected chi connectivity index (χ0v) is 29.9. The van der Waals surface area contributed by atoms with Crippen LogP contribution < -0.4 is 4.74 Å². The Kier molecular flexibility index (Phi) is 10.9. The molecule has 5 aromatic rings. The third-order valence-corrected chi connectivity index (χ3v) is 9.71. The molecule has 1 aliphatic rings. The highest BCUT2D eigenvalue weighted by Gasteiger charge is 2.32. The Morgan fingerprint density at radius 2 is 1.92 bits per heavy atom. The topological polar surface area (TPSA) is 70.8 Å². The third-order valence-electron chi connectivity index (χ3n) is 9.39. The molecule has 0 aliphatic carbocycles. The number of hydrogen-bond acceptors (Lipinski definition) is 6. The van der Waals surface area contributed by atoms with Gasteiger partial charge in [0.25, 0.3) is 0 Å². The molecule has 0 amide bonds. The third kappa shape index (κ3) is 7.07. The van der Waals surface area contributed by atoms with E-state index in [2.05, 4.69) is 30.5 Å². The lowest BCUT2D eigenvalue weighted by atomic mass is 9.94. The summed E-state index contributed by atoms with van der Waals surface area (Å²) in [6, 6.07) is 14.3. The Morgan fingerprint density at radius 3 is 2.69 bits per heavy atom. The second-order valence-corrected chi connectivity index (χ2v) is 13.3. The molecule has 3 heterocycles. The van der Waals surface area contributed by atoms with Crippen molar-refractivity contribution in [3.63, 3.8) is 0 Å². The van der Waals surface area contributed by atoms with Crippen molar-refractivity contribution in [2.24, 2.45) is 7.05 Å². The Bertz CT molecular complexity index is 1970. The maximum atomic E-state index is 13.9. The molecule has 8 nitrogen and oxygen atoms in total. The van der Waals surface area contributed by atoms with Gasteiger partial charge in [-0.25, -0.2) is 9.18 Å². The van der Waals surface area contributed by atoms with E-state index in [1.807, 2.05) is 49.0 Å². The Labute approximate surface area is 292 Å². The van der Waals surface area contributed by atoms with E-state index in [0.29, 0.717) is 49.1 Å². The quantitative estimate of drug-likeness (QED) is 0.102. The normalized spacial score (nSPS) is 15.1. The van der Waals surface area contributed by atoms with Crippen LogP contribution in [-0.4, -0.2) is 65.7 Å². The zero-order chi connectivity index (χ0) is 34.7. The molecule has 0 fully saturated rings. The smallest absolute Gasteiger partial charge is 0.355 e. The molecule has 0 saturated heterocycles. The van der Waals surface area contributed by atoms with Gasteiger partial charge in [-0.3, -0.25) is 4.68 Å². The number of esters is 1. The average molecular weight is 689 g/mol. The standard InChI is InChI=1S/C39H46ClFN4O4/c1-6-31-35-34-30(40)18-17-29-28(13-11-23-48-32-14-10-12-25-24-26(41)15-16-27(25)32)38(39(46)47-7-2)45(37(29)34)20-8-9-22-49-33(19-21-43(3)4)36(35)42-44(31)5/h10,12,14-18,24,33H,6-9,11,13,19-23H2,1-5H3. The summed E-state index contributed by atoms with van der Waals surface area (Å²) in [7, 11) is 6.12. The van der Waals surface area contributed by atoms with Crippen molar-refractivity contribution in [2.45, 2.75) is 65.0 Å². The molecule has 0 N–H and O–H groups in total. The maximum absolute atomic E-state index is 13.9. The van der Waals surface area contributed by atoms with Crippen LogP contribution >= 0.6 is 11.6 Å². The van der Waals surface area contributed by atoms with Gasteiger partial charge < -0.3 is 23.7 Å². The fourth-order valence-electron chi connectivity index (χ4n) is 7.18. The minimum Gasteiger partial charge on any atom is -0.493 e. The molecule has 0 bridgehead atoms. The Morgan fingerprint density at radius 1 is 1.10 bits per heavy atom. The molecule has 0 radical (unpaired) electrons. The van der Waals surface area contributed by atoms with E-state index in [1.165, 1.54) is 12.1 Å². The second kappa shape index (κ2) is 15.3. The summed E-state index contributed by atoms with van der Waals surface area (Å²) in [6.07, 6.45) is 4.23. The number of rotatable bonds is 11. The number of hydrogen-bond donors (Lipinski definition) is 0. The first-order valence-electron chi connectivity index (χ1n) is 17.4. The van der Waals surface area contributed by atoms with Crippen LogP contribution in [0.4, 0.5) is 4.39 Å². The lowest BCUT2D eigenvalue weighted by molar-refractivity contribution is 0.0365. The van der Waals surface area contributed by atoms with Crippen molar-refractivity contribution in [1.29, 1.82) is 0 Å². The molecule has 10 heteroatoms. The van der Waals surface area contributed by atoms with Gasteiger partial charge in [0.2, 0.25) is 0 Å². The zero-order valence-electron chi connectivity index (χ0n) is 29.2. The van der Waals surface area contributed by atoms with E-state index in [4.69, 9.17) is 30.9 Å². The van der Waals surface area contributed by atoms with Gasteiger partial charge in [0.1, 0.15) is 23.4 Å². The van der Waals surface area contributed by atoms with Gasteiger partial charge in [-0.15, -0.1) is 0 Å². The number of carbonyl (C=O) groups is 1. The van der Waals surface area contributed by atoms with Crippen LogP contribution in [0.2, 0.25) is 5.02 Å². The first kappa shape index (κ1) is 34.9. The Hall–Kier alpha value is -3.92. The molecule has 49 heavy (non-hydrogen) atoms. The molecule has 0 saturated carbocycles. The van der Waals surface area contributed by atoms with E-state index in [9.17, 15) is 9.18 Å². The molecule has 2 aromatic heterocycles. The number of fused-ring (bicyclic) bond motifs is 3. The summed E-state index contributed by atoms with van der Waals surface area (Å²) < 4.78 is 36.5. The van der Waals surface area contributed by atoms with Crippen LogP contribution in [0.15, 0.2) is 48.5 Å². The minimum absolute atomic E-state index is 0.205. The molecule has 1 unspecified atom stereocenters. The summed E-state index contributed by atoms with van der Waals surface area (Å²) >= 11 is 7.21. The first-order chi connectivity index (χ1) is 23.7. The number of nitrogens with zero attached hydrogens (tertiary/aromatic N) is 4. The number of ether oxygens (including phenoxy) is 3. The summed E-state index contributed by atoms with van der Waals surface area (Å²) in [5.74, 6) is 0.0836. The minimum atomic E-state index is -0.343. The molecule has 1 aliphatic heterocycles. The highest BCUT2D eigenvalue weighted by Crippen LogP contribution is 2.45. The van der Waals surface area contributed by atoms with Crippen molar-refractivity contribution in [1.82, 2.24) is 19.2 Å². The molecule has 260 valence electrons. The summed E-state index contributed by atoms with van der Waals surface area (Å²) in [5.41, 5.74) is 6.24. The molecule has 1 atom stereocenters. The van der Waals surface area contributed by atoms with Crippen LogP contribution in [-0.2, 0) is 35.9 Å². The highest BCUT2D eigenvalue weighted by atomic mass is 35.5. The van der Waals surface area contributed by atoms with Crippen LogP contribution in [0.1, 0.15) is 73.1 Å². The monoisotopic (exact) mass is 688 g/mol. The van der Waals surface area contributed by atoms with Crippen molar-refractivity contribution in [2.75, 3.05) is 40.5 Å². The molecule has 0 spiro atoms. The van der Waals surface area contributed by atoms with Gasteiger partial charge in [0.05, 0.1) is 29.4 Å². The van der Waals surface area contributed by atoms with Crippen LogP contribution in [0.25, 0.3) is 32.8 Å². The molecule has 6 rings (SSSR count). The highest BCUT2D eigenvalue weighted by molar-refractivity contribution is 6.35. The first-order valence-corrected chi connectivity index (χ1v) is 17.7. The predicted molar refractivity (Wildman–Crippen MR) is 193 cm³/mol. The Balaban J connectivity index is 1.47. The van der Waals surface area contributed by atoms with Gasteiger partial charge in [-0.2, -0.15) is 5.10 Å². The number of benzene rings is 3. The van der Waals surface area contributed by atoms with Crippen molar-refractivity contribution < 1.29 is 23.4 Å². The van der Waals surface area contributed by atoms with E-state index in [-0.39, 0.29) is 24.5 Å². The van der Waals surface area contributed by atoms with E-state index in [0.717, 1.165) is 82.0 Å². The number of aryl methyl sites for hydroxylation is 3. The van der Waals surface area contributed by atoms with Gasteiger partial charge in [-0.1, -0.05) is 36.7 Å². The predicted octanol–water partition coefficient (Wildman–Crippen LogP) is 8.54. The summed E-state index contributed by atoms with van der Waals surface area (Å²) in [6.45, 7) is 6.71. The average Bonchev–Trinajstić information content (AvgIpc) is 3.56. The van der Waals surface area contributed by atoms with Crippen LogP contribution in [0, 0.1) is 5.82 Å². The van der Waals surface area contributed by atoms with E-state index in [1.54, 1.807) is 6.07 Å². The molecular weight excluding hydrogens is 643 g/mol. The van der Waals surface area contributed by atoms with Crippen LogP contribution in [0.3, 0.4) is 0 Å². The van der Waals surface area contributed by atoms with Crippen molar-refractivity contribution in [3.05, 3.63) is 82.0 Å². The van der Waals surface area contributed by atoms with Crippen molar-refractivity contribution >= 4 is 39.2 Å². The fraction of sp³-hybridized carbons (Fsp3) is 0.436. The van der Waals surface area contributed by atoms with E-state index < -0.39 is 0 Å². The number of aromatic nitrogens is 3. The number of halogens is 2. The molecular formula is C39H46ClFN4O4.